The van der Waals surface area contributed by atoms with Crippen LogP contribution < -0.4 is 15.5 Å². The van der Waals surface area contributed by atoms with E-state index in [9.17, 15) is 0 Å². The SMILES string of the molecule is CCCCOC1CC(NC(=NC)NCc2ccnc(N3CCOC(C)C3)c2)C1(C)C. The smallest absolute Gasteiger partial charge is 0.191 e. The van der Waals surface area contributed by atoms with Crippen LogP contribution in [0.15, 0.2) is 23.3 Å². The standard InChI is InChI=1S/C23H39N5O2/c1-6-7-11-30-20-14-19(23(20,3)4)27-22(24-5)26-15-18-8-9-25-21(13-18)28-10-12-29-17(2)16-28/h8-9,13,17,19-20H,6-7,10-12,14-16H2,1-5H3,(H2,24,26,27). The summed E-state index contributed by atoms with van der Waals surface area (Å²) in [5.74, 6) is 1.85. The number of hydrogen-bond acceptors (Lipinski definition) is 5. The molecule has 2 fully saturated rings. The third kappa shape index (κ3) is 5.64. The van der Waals surface area contributed by atoms with Crippen LogP contribution in [-0.4, -0.2) is 62.5 Å². The number of guanidine groups is 1. The fraction of sp³-hybridized carbons (Fsp3) is 0.739. The Balaban J connectivity index is 1.50. The molecule has 0 aromatic carbocycles. The minimum absolute atomic E-state index is 0.0994. The second-order valence-corrected chi connectivity index (χ2v) is 9.04. The van der Waals surface area contributed by atoms with Gasteiger partial charge in [0.1, 0.15) is 5.82 Å². The maximum Gasteiger partial charge on any atom is 0.191 e. The topological polar surface area (TPSA) is 71.0 Å². The van der Waals surface area contributed by atoms with E-state index in [-0.39, 0.29) is 11.5 Å². The van der Waals surface area contributed by atoms with E-state index >= 15 is 0 Å². The van der Waals surface area contributed by atoms with E-state index in [1.807, 2.05) is 13.2 Å². The van der Waals surface area contributed by atoms with Crippen molar-refractivity contribution in [1.82, 2.24) is 15.6 Å². The maximum absolute atomic E-state index is 6.07. The summed E-state index contributed by atoms with van der Waals surface area (Å²) in [6.45, 7) is 12.9. The molecule has 3 rings (SSSR count). The molecule has 1 saturated heterocycles. The van der Waals surface area contributed by atoms with Gasteiger partial charge in [0.2, 0.25) is 0 Å². The van der Waals surface area contributed by atoms with Crippen molar-refractivity contribution in [3.8, 4) is 0 Å². The molecule has 0 radical (unpaired) electrons. The molecule has 0 amide bonds. The highest BCUT2D eigenvalue weighted by Gasteiger charge is 2.49. The van der Waals surface area contributed by atoms with E-state index in [4.69, 9.17) is 9.47 Å². The van der Waals surface area contributed by atoms with Crippen molar-refractivity contribution in [2.75, 3.05) is 38.3 Å². The Morgan fingerprint density at radius 2 is 2.27 bits per heavy atom. The molecule has 7 nitrogen and oxygen atoms in total. The van der Waals surface area contributed by atoms with Crippen molar-refractivity contribution >= 4 is 11.8 Å². The Morgan fingerprint density at radius 3 is 2.97 bits per heavy atom. The molecule has 1 aromatic rings. The van der Waals surface area contributed by atoms with Gasteiger partial charge in [-0.1, -0.05) is 27.2 Å². The van der Waals surface area contributed by atoms with Crippen LogP contribution in [0.4, 0.5) is 5.82 Å². The summed E-state index contributed by atoms with van der Waals surface area (Å²) in [4.78, 5) is 11.3. The van der Waals surface area contributed by atoms with Crippen molar-refractivity contribution < 1.29 is 9.47 Å². The lowest BCUT2D eigenvalue weighted by molar-refractivity contribution is -0.113. The summed E-state index contributed by atoms with van der Waals surface area (Å²) in [7, 11) is 1.82. The monoisotopic (exact) mass is 417 g/mol. The third-order valence-corrected chi connectivity index (χ3v) is 6.36. The summed E-state index contributed by atoms with van der Waals surface area (Å²) in [5, 5.41) is 7.04. The number of pyridine rings is 1. The fourth-order valence-corrected chi connectivity index (χ4v) is 4.10. The molecule has 168 valence electrons. The zero-order chi connectivity index (χ0) is 21.6. The third-order valence-electron chi connectivity index (χ3n) is 6.36. The number of rotatable bonds is 8. The first-order valence-corrected chi connectivity index (χ1v) is 11.3. The molecule has 0 bridgehead atoms. The predicted octanol–water partition coefficient (Wildman–Crippen LogP) is 2.96. The van der Waals surface area contributed by atoms with Gasteiger partial charge in [0.25, 0.3) is 0 Å². The van der Waals surface area contributed by atoms with Crippen LogP contribution in [-0.2, 0) is 16.0 Å². The van der Waals surface area contributed by atoms with Gasteiger partial charge < -0.3 is 25.0 Å². The molecule has 1 saturated carbocycles. The van der Waals surface area contributed by atoms with Crippen LogP contribution in [0.3, 0.4) is 0 Å². The quantitative estimate of drug-likeness (QED) is 0.385. The van der Waals surface area contributed by atoms with Crippen LogP contribution in [0.25, 0.3) is 0 Å². The zero-order valence-corrected chi connectivity index (χ0v) is 19.3. The Hall–Kier alpha value is -1.86. The Bertz CT molecular complexity index is 709. The van der Waals surface area contributed by atoms with Gasteiger partial charge in [0.05, 0.1) is 18.8 Å². The lowest BCUT2D eigenvalue weighted by Crippen LogP contribution is -2.63. The van der Waals surface area contributed by atoms with Crippen molar-refractivity contribution in [2.24, 2.45) is 10.4 Å². The second-order valence-electron chi connectivity index (χ2n) is 9.04. The minimum Gasteiger partial charge on any atom is -0.378 e. The highest BCUT2D eigenvalue weighted by molar-refractivity contribution is 5.80. The molecule has 2 N–H and O–H groups in total. The number of ether oxygens (including phenoxy) is 2. The highest BCUT2D eigenvalue weighted by atomic mass is 16.5. The Kier molecular flexibility index (Phi) is 7.94. The molecule has 1 aliphatic heterocycles. The summed E-state index contributed by atoms with van der Waals surface area (Å²) in [6.07, 6.45) is 5.77. The van der Waals surface area contributed by atoms with Gasteiger partial charge in [-0.3, -0.25) is 4.99 Å². The first-order chi connectivity index (χ1) is 14.4. The normalized spacial score (nSPS) is 26.2. The van der Waals surface area contributed by atoms with Crippen molar-refractivity contribution in [2.45, 2.75) is 71.8 Å². The van der Waals surface area contributed by atoms with Crippen molar-refractivity contribution in [1.29, 1.82) is 0 Å². The van der Waals surface area contributed by atoms with Gasteiger partial charge >= 0.3 is 0 Å². The highest BCUT2D eigenvalue weighted by Crippen LogP contribution is 2.42. The van der Waals surface area contributed by atoms with Gasteiger partial charge in [-0.05, 0) is 37.5 Å². The maximum atomic E-state index is 6.07. The zero-order valence-electron chi connectivity index (χ0n) is 19.3. The van der Waals surface area contributed by atoms with Crippen LogP contribution in [0, 0.1) is 5.41 Å². The van der Waals surface area contributed by atoms with Gasteiger partial charge in [-0.2, -0.15) is 0 Å². The van der Waals surface area contributed by atoms with Gasteiger partial charge in [-0.25, -0.2) is 4.98 Å². The summed E-state index contributed by atoms with van der Waals surface area (Å²) in [6, 6.07) is 4.57. The van der Waals surface area contributed by atoms with Crippen LogP contribution in [0.2, 0.25) is 0 Å². The minimum atomic E-state index is 0.0994. The number of morpholine rings is 1. The first kappa shape index (κ1) is 22.8. The summed E-state index contributed by atoms with van der Waals surface area (Å²) < 4.78 is 11.7. The molecule has 30 heavy (non-hydrogen) atoms. The van der Waals surface area contributed by atoms with E-state index in [0.717, 1.165) is 50.9 Å². The number of aliphatic imine (C=N–C) groups is 1. The average Bonchev–Trinajstić information content (AvgIpc) is 2.75. The Morgan fingerprint density at radius 1 is 1.43 bits per heavy atom. The van der Waals surface area contributed by atoms with Gasteiger partial charge in [-0.15, -0.1) is 0 Å². The molecular weight excluding hydrogens is 378 g/mol. The van der Waals surface area contributed by atoms with E-state index < -0.39 is 0 Å². The first-order valence-electron chi connectivity index (χ1n) is 11.3. The van der Waals surface area contributed by atoms with Gasteiger partial charge in [0.15, 0.2) is 5.96 Å². The number of unbranched alkanes of at least 4 members (excludes halogenated alkanes) is 1. The molecule has 3 unspecified atom stereocenters. The largest absolute Gasteiger partial charge is 0.378 e. The lowest BCUT2D eigenvalue weighted by atomic mass is 9.64. The number of nitrogens with one attached hydrogen (secondary N) is 2. The van der Waals surface area contributed by atoms with Crippen LogP contribution >= 0.6 is 0 Å². The molecule has 0 spiro atoms. The summed E-state index contributed by atoms with van der Waals surface area (Å²) in [5.41, 5.74) is 1.29. The molecular formula is C23H39N5O2. The van der Waals surface area contributed by atoms with Gasteiger partial charge in [0, 0.05) is 50.9 Å². The van der Waals surface area contributed by atoms with E-state index in [1.54, 1.807) is 0 Å². The van der Waals surface area contributed by atoms with E-state index in [0.29, 0.717) is 18.7 Å². The molecule has 2 aliphatic rings. The number of aromatic nitrogens is 1. The van der Waals surface area contributed by atoms with E-state index in [2.05, 4.69) is 65.3 Å². The van der Waals surface area contributed by atoms with Crippen molar-refractivity contribution in [3.05, 3.63) is 23.9 Å². The molecule has 2 heterocycles. The van der Waals surface area contributed by atoms with Crippen LogP contribution in [0.5, 0.6) is 0 Å². The molecule has 7 heteroatoms. The molecule has 3 atom stereocenters. The van der Waals surface area contributed by atoms with Crippen molar-refractivity contribution in [3.63, 3.8) is 0 Å². The summed E-state index contributed by atoms with van der Waals surface area (Å²) >= 11 is 0. The molecule has 1 aromatic heterocycles. The lowest BCUT2D eigenvalue weighted by Gasteiger charge is -2.52. The predicted molar refractivity (Wildman–Crippen MR) is 122 cm³/mol. The number of nitrogens with zero attached hydrogens (tertiary/aromatic N) is 3. The average molecular weight is 418 g/mol. The van der Waals surface area contributed by atoms with Crippen LogP contribution in [0.1, 0.15) is 52.5 Å². The fourth-order valence-electron chi connectivity index (χ4n) is 4.10. The van der Waals surface area contributed by atoms with E-state index in [1.165, 1.54) is 12.0 Å². The Labute approximate surface area is 181 Å². The second kappa shape index (κ2) is 10.4. The number of anilines is 1. The number of hydrogen-bond donors (Lipinski definition) is 2. The molecule has 1 aliphatic carbocycles.